The normalized spacial score (nSPS) is 23.1. The number of nitrogens with one attached hydrogen (secondary N) is 1. The lowest BCUT2D eigenvalue weighted by Gasteiger charge is -2.40. The summed E-state index contributed by atoms with van der Waals surface area (Å²) in [5, 5.41) is 3.80. The third kappa shape index (κ3) is 3.77. The van der Waals surface area contributed by atoms with Crippen molar-refractivity contribution in [1.29, 1.82) is 0 Å². The van der Waals surface area contributed by atoms with Crippen molar-refractivity contribution in [2.45, 2.75) is 57.3 Å². The zero-order valence-corrected chi connectivity index (χ0v) is 18.6. The molecule has 0 saturated carbocycles. The van der Waals surface area contributed by atoms with Gasteiger partial charge >= 0.3 is 6.09 Å². The smallest absolute Gasteiger partial charge is 0.409 e. The van der Waals surface area contributed by atoms with Crippen LogP contribution in [0.5, 0.6) is 0 Å². The van der Waals surface area contributed by atoms with Crippen molar-refractivity contribution in [3.8, 4) is 0 Å². The van der Waals surface area contributed by atoms with E-state index in [1.165, 1.54) is 11.1 Å². The lowest BCUT2D eigenvalue weighted by molar-refractivity contribution is 0.0504. The van der Waals surface area contributed by atoms with Gasteiger partial charge in [-0.1, -0.05) is 42.5 Å². The second-order valence-electron chi connectivity index (χ2n) is 8.94. The highest BCUT2D eigenvalue weighted by Crippen LogP contribution is 2.43. The number of piperidine rings is 1. The third-order valence-corrected chi connectivity index (χ3v) is 7.09. The minimum atomic E-state index is -0.229. The predicted octanol–water partition coefficient (Wildman–Crippen LogP) is 4.43. The van der Waals surface area contributed by atoms with Gasteiger partial charge in [0.05, 0.1) is 12.6 Å². The number of carbonyl (C=O) groups is 2. The van der Waals surface area contributed by atoms with Crippen LogP contribution >= 0.6 is 0 Å². The largest absolute Gasteiger partial charge is 0.450 e. The SMILES string of the molecule is CCOC(=O)N1CCC(N[C@@H]2c3ccccc3C(=O)N2[C@@H]2CCCc3ccccc32)CC1. The molecule has 2 aromatic carbocycles. The molecule has 2 aromatic rings. The summed E-state index contributed by atoms with van der Waals surface area (Å²) in [5.41, 5.74) is 4.50. The van der Waals surface area contributed by atoms with Crippen LogP contribution in [0.25, 0.3) is 0 Å². The molecule has 0 bridgehead atoms. The molecule has 2 atom stereocenters. The highest BCUT2D eigenvalue weighted by atomic mass is 16.6. The summed E-state index contributed by atoms with van der Waals surface area (Å²) in [6, 6.07) is 16.9. The molecule has 0 radical (unpaired) electrons. The number of rotatable bonds is 4. The Kier molecular flexibility index (Phi) is 5.87. The maximum atomic E-state index is 13.6. The van der Waals surface area contributed by atoms with Crippen molar-refractivity contribution in [2.75, 3.05) is 19.7 Å². The molecule has 0 unspecified atom stereocenters. The van der Waals surface area contributed by atoms with Gasteiger partial charge < -0.3 is 14.5 Å². The average molecular weight is 434 g/mol. The second-order valence-corrected chi connectivity index (χ2v) is 8.94. The topological polar surface area (TPSA) is 61.9 Å². The van der Waals surface area contributed by atoms with Crippen LogP contribution in [0.2, 0.25) is 0 Å². The van der Waals surface area contributed by atoms with Gasteiger partial charge in [0, 0.05) is 30.3 Å². The molecule has 32 heavy (non-hydrogen) atoms. The third-order valence-electron chi connectivity index (χ3n) is 7.09. The standard InChI is InChI=1S/C26H31N3O3/c1-2-32-26(31)28-16-14-19(15-17-28)27-24-21-11-5-6-12-22(21)25(30)29(24)23-13-7-9-18-8-3-4-10-20(18)23/h3-6,8,10-12,19,23-24,27H,2,7,9,13-17H2,1H3/t23-,24+/m1/s1. The monoisotopic (exact) mass is 433 g/mol. The fraction of sp³-hybridized carbons (Fsp3) is 0.462. The lowest BCUT2D eigenvalue weighted by Crippen LogP contribution is -2.49. The first-order valence-electron chi connectivity index (χ1n) is 11.8. The van der Waals surface area contributed by atoms with Crippen LogP contribution in [0.4, 0.5) is 4.79 Å². The van der Waals surface area contributed by atoms with Crippen LogP contribution in [-0.4, -0.2) is 47.5 Å². The van der Waals surface area contributed by atoms with E-state index in [2.05, 4.69) is 40.5 Å². The molecule has 2 aliphatic heterocycles. The van der Waals surface area contributed by atoms with Crippen molar-refractivity contribution in [1.82, 2.24) is 15.1 Å². The van der Waals surface area contributed by atoms with E-state index >= 15 is 0 Å². The lowest BCUT2D eigenvalue weighted by atomic mass is 9.86. The molecule has 2 amide bonds. The van der Waals surface area contributed by atoms with E-state index in [0.29, 0.717) is 19.7 Å². The van der Waals surface area contributed by atoms with Gasteiger partial charge in [-0.25, -0.2) is 4.79 Å². The van der Waals surface area contributed by atoms with E-state index in [4.69, 9.17) is 4.74 Å². The van der Waals surface area contributed by atoms with Crippen LogP contribution < -0.4 is 5.32 Å². The highest BCUT2D eigenvalue weighted by molar-refractivity contribution is 5.99. The van der Waals surface area contributed by atoms with Gasteiger partial charge in [0.2, 0.25) is 0 Å². The zero-order valence-electron chi connectivity index (χ0n) is 18.6. The minimum Gasteiger partial charge on any atom is -0.450 e. The Hall–Kier alpha value is -2.86. The van der Waals surface area contributed by atoms with Crippen molar-refractivity contribution in [3.05, 3.63) is 70.8 Å². The Labute approximate surface area is 189 Å². The van der Waals surface area contributed by atoms with Crippen molar-refractivity contribution in [2.24, 2.45) is 0 Å². The Morgan fingerprint density at radius 1 is 1.03 bits per heavy atom. The molecule has 1 N–H and O–H groups in total. The van der Waals surface area contributed by atoms with Gasteiger partial charge in [-0.15, -0.1) is 0 Å². The number of nitrogens with zero attached hydrogens (tertiary/aromatic N) is 2. The van der Waals surface area contributed by atoms with Crippen LogP contribution in [0, 0.1) is 0 Å². The number of hydrogen-bond acceptors (Lipinski definition) is 4. The molecule has 1 fully saturated rings. The quantitative estimate of drug-likeness (QED) is 0.775. The average Bonchev–Trinajstić information content (AvgIpc) is 3.11. The zero-order chi connectivity index (χ0) is 22.1. The Morgan fingerprint density at radius 2 is 1.75 bits per heavy atom. The van der Waals surface area contributed by atoms with E-state index in [1.54, 1.807) is 4.90 Å². The van der Waals surface area contributed by atoms with Gasteiger partial charge in [0.25, 0.3) is 5.91 Å². The van der Waals surface area contributed by atoms with Gasteiger partial charge in [0.15, 0.2) is 0 Å². The van der Waals surface area contributed by atoms with Crippen molar-refractivity contribution < 1.29 is 14.3 Å². The molecule has 168 valence electrons. The van der Waals surface area contributed by atoms with Gasteiger partial charge in [-0.2, -0.15) is 0 Å². The first-order chi connectivity index (χ1) is 15.7. The van der Waals surface area contributed by atoms with Crippen LogP contribution in [0.15, 0.2) is 48.5 Å². The second kappa shape index (κ2) is 8.94. The number of ether oxygens (including phenoxy) is 1. The molecular formula is C26H31N3O3. The molecule has 6 nitrogen and oxygen atoms in total. The van der Waals surface area contributed by atoms with E-state index in [0.717, 1.165) is 43.2 Å². The molecular weight excluding hydrogens is 402 g/mol. The summed E-state index contributed by atoms with van der Waals surface area (Å²) < 4.78 is 5.15. The predicted molar refractivity (Wildman–Crippen MR) is 122 cm³/mol. The molecule has 0 spiro atoms. The van der Waals surface area contributed by atoms with Crippen molar-refractivity contribution in [3.63, 3.8) is 0 Å². The fourth-order valence-corrected chi connectivity index (χ4v) is 5.51. The molecule has 0 aromatic heterocycles. The Bertz CT molecular complexity index is 999. The van der Waals surface area contributed by atoms with Gasteiger partial charge in [0.1, 0.15) is 6.17 Å². The number of carbonyl (C=O) groups excluding carboxylic acids is 2. The number of amides is 2. The molecule has 1 saturated heterocycles. The number of hydrogen-bond donors (Lipinski definition) is 1. The van der Waals surface area contributed by atoms with E-state index in [1.807, 2.05) is 25.1 Å². The van der Waals surface area contributed by atoms with Crippen LogP contribution in [-0.2, 0) is 11.2 Å². The molecule has 2 heterocycles. The van der Waals surface area contributed by atoms with Crippen LogP contribution in [0.1, 0.15) is 71.9 Å². The maximum absolute atomic E-state index is 13.6. The molecule has 6 heteroatoms. The summed E-state index contributed by atoms with van der Waals surface area (Å²) in [4.78, 5) is 29.5. The molecule has 3 aliphatic rings. The van der Waals surface area contributed by atoms with E-state index in [9.17, 15) is 9.59 Å². The maximum Gasteiger partial charge on any atom is 0.409 e. The van der Waals surface area contributed by atoms with E-state index < -0.39 is 0 Å². The van der Waals surface area contributed by atoms with Gasteiger partial charge in [-0.05, 0) is 56.2 Å². The first-order valence-corrected chi connectivity index (χ1v) is 11.8. The number of likely N-dealkylation sites (tertiary alicyclic amines) is 1. The Balaban J connectivity index is 1.39. The highest BCUT2D eigenvalue weighted by Gasteiger charge is 2.43. The summed E-state index contributed by atoms with van der Waals surface area (Å²) >= 11 is 0. The first kappa shape index (κ1) is 21.0. The number of aryl methyl sites for hydroxylation is 1. The van der Waals surface area contributed by atoms with Gasteiger partial charge in [-0.3, -0.25) is 10.1 Å². The number of fused-ring (bicyclic) bond motifs is 2. The van der Waals surface area contributed by atoms with Crippen LogP contribution in [0.3, 0.4) is 0 Å². The number of benzene rings is 2. The summed E-state index contributed by atoms with van der Waals surface area (Å²) in [6.45, 7) is 3.57. The van der Waals surface area contributed by atoms with E-state index in [-0.39, 0.29) is 30.2 Å². The summed E-state index contributed by atoms with van der Waals surface area (Å²) in [5.74, 6) is 0.115. The fourth-order valence-electron chi connectivity index (χ4n) is 5.51. The Morgan fingerprint density at radius 3 is 2.53 bits per heavy atom. The van der Waals surface area contributed by atoms with Crippen molar-refractivity contribution >= 4 is 12.0 Å². The minimum absolute atomic E-state index is 0.0805. The molecule has 1 aliphatic carbocycles. The summed E-state index contributed by atoms with van der Waals surface area (Å²) in [7, 11) is 0. The summed E-state index contributed by atoms with van der Waals surface area (Å²) in [6.07, 6.45) is 4.47. The molecule has 5 rings (SSSR count).